The number of hydrogen-bond acceptors (Lipinski definition) is 3. The summed E-state index contributed by atoms with van der Waals surface area (Å²) in [6, 6.07) is 6.42. The van der Waals surface area contributed by atoms with Gasteiger partial charge in [-0.2, -0.15) is 0 Å². The molecule has 1 aliphatic heterocycles. The first-order valence-corrected chi connectivity index (χ1v) is 6.91. The van der Waals surface area contributed by atoms with Gasteiger partial charge in [-0.3, -0.25) is 9.69 Å². The fraction of sp³-hybridized carbons (Fsp3) is 0.533. The van der Waals surface area contributed by atoms with Crippen molar-refractivity contribution in [1.82, 2.24) is 4.90 Å². The number of nitrogens with one attached hydrogen (secondary N) is 1. The van der Waals surface area contributed by atoms with Crippen LogP contribution in [0.1, 0.15) is 24.0 Å². The molecule has 1 aromatic rings. The number of aryl methyl sites for hydroxylation is 2. The minimum Gasteiger partial charge on any atom is -0.329 e. The molecule has 0 aliphatic carbocycles. The van der Waals surface area contributed by atoms with Crippen LogP contribution < -0.4 is 11.1 Å². The van der Waals surface area contributed by atoms with Gasteiger partial charge in [-0.05, 0) is 44.9 Å². The number of anilines is 1. The number of rotatable bonds is 4. The summed E-state index contributed by atoms with van der Waals surface area (Å²) in [4.78, 5) is 14.3. The van der Waals surface area contributed by atoms with E-state index >= 15 is 0 Å². The Morgan fingerprint density at radius 1 is 1.47 bits per heavy atom. The van der Waals surface area contributed by atoms with Crippen LogP contribution in [-0.2, 0) is 4.79 Å². The zero-order valence-corrected chi connectivity index (χ0v) is 11.8. The Hall–Kier alpha value is -1.39. The highest BCUT2D eigenvalue weighted by Gasteiger charge is 2.24. The zero-order valence-electron chi connectivity index (χ0n) is 11.8. The molecule has 1 atom stereocenters. The molecule has 104 valence electrons. The van der Waals surface area contributed by atoms with Crippen LogP contribution in [0.4, 0.5) is 5.69 Å². The molecule has 0 saturated carbocycles. The van der Waals surface area contributed by atoms with Crippen molar-refractivity contribution in [3.05, 3.63) is 29.3 Å². The van der Waals surface area contributed by atoms with Crippen molar-refractivity contribution in [3.63, 3.8) is 0 Å². The topological polar surface area (TPSA) is 58.4 Å². The molecule has 2 rings (SSSR count). The molecule has 1 aliphatic rings. The number of hydrogen-bond donors (Lipinski definition) is 2. The molecular weight excluding hydrogens is 238 g/mol. The lowest BCUT2D eigenvalue weighted by Gasteiger charge is -2.22. The minimum atomic E-state index is 0.0484. The van der Waals surface area contributed by atoms with E-state index in [1.54, 1.807) is 0 Å². The van der Waals surface area contributed by atoms with E-state index in [1.165, 1.54) is 5.56 Å². The molecule has 3 N–H and O–H groups in total. The first kappa shape index (κ1) is 14.0. The van der Waals surface area contributed by atoms with Crippen LogP contribution in [0.2, 0.25) is 0 Å². The average molecular weight is 261 g/mol. The van der Waals surface area contributed by atoms with Crippen LogP contribution in [-0.4, -0.2) is 36.5 Å². The maximum Gasteiger partial charge on any atom is 0.238 e. The Labute approximate surface area is 115 Å². The number of benzene rings is 1. The fourth-order valence-electron chi connectivity index (χ4n) is 2.70. The van der Waals surface area contributed by atoms with Crippen molar-refractivity contribution < 1.29 is 4.79 Å². The number of amides is 1. The van der Waals surface area contributed by atoms with Crippen molar-refractivity contribution in [3.8, 4) is 0 Å². The maximum atomic E-state index is 12.1. The van der Waals surface area contributed by atoms with E-state index in [2.05, 4.69) is 23.2 Å². The normalized spacial score (nSPS) is 19.6. The van der Waals surface area contributed by atoms with Crippen molar-refractivity contribution >= 4 is 11.6 Å². The van der Waals surface area contributed by atoms with Crippen LogP contribution >= 0.6 is 0 Å². The van der Waals surface area contributed by atoms with Crippen LogP contribution in [0.3, 0.4) is 0 Å². The first-order valence-electron chi connectivity index (χ1n) is 6.91. The monoisotopic (exact) mass is 261 g/mol. The van der Waals surface area contributed by atoms with Crippen LogP contribution in [0, 0.1) is 13.8 Å². The SMILES string of the molecule is Cc1ccc(NC(=O)CN2CCCC2CN)c(C)c1. The van der Waals surface area contributed by atoms with E-state index in [0.717, 1.165) is 30.6 Å². The molecule has 4 heteroatoms. The van der Waals surface area contributed by atoms with Gasteiger partial charge in [-0.1, -0.05) is 17.7 Å². The van der Waals surface area contributed by atoms with E-state index in [0.29, 0.717) is 19.1 Å². The van der Waals surface area contributed by atoms with Crippen molar-refractivity contribution in [2.45, 2.75) is 32.7 Å². The summed E-state index contributed by atoms with van der Waals surface area (Å²) in [5.41, 5.74) is 8.93. The second-order valence-corrected chi connectivity index (χ2v) is 5.37. The van der Waals surface area contributed by atoms with Gasteiger partial charge in [-0.15, -0.1) is 0 Å². The number of nitrogens with two attached hydrogens (primary N) is 1. The van der Waals surface area contributed by atoms with Crippen LogP contribution in [0.5, 0.6) is 0 Å². The Morgan fingerprint density at radius 3 is 2.95 bits per heavy atom. The van der Waals surface area contributed by atoms with Gasteiger partial charge in [0.15, 0.2) is 0 Å². The predicted molar refractivity (Wildman–Crippen MR) is 78.2 cm³/mol. The summed E-state index contributed by atoms with van der Waals surface area (Å²) >= 11 is 0. The van der Waals surface area contributed by atoms with E-state index in [4.69, 9.17) is 5.73 Å². The van der Waals surface area contributed by atoms with Crippen molar-refractivity contribution in [2.75, 3.05) is 25.0 Å². The summed E-state index contributed by atoms with van der Waals surface area (Å²) in [6.45, 7) is 6.12. The molecule has 0 bridgehead atoms. The van der Waals surface area contributed by atoms with E-state index < -0.39 is 0 Å². The molecular formula is C15H23N3O. The third kappa shape index (κ3) is 3.55. The van der Waals surface area contributed by atoms with Gasteiger partial charge in [0.2, 0.25) is 5.91 Å². The lowest BCUT2D eigenvalue weighted by Crippen LogP contribution is -2.40. The maximum absolute atomic E-state index is 12.1. The third-order valence-corrected chi connectivity index (χ3v) is 3.77. The molecule has 19 heavy (non-hydrogen) atoms. The highest BCUT2D eigenvalue weighted by atomic mass is 16.2. The van der Waals surface area contributed by atoms with E-state index in [9.17, 15) is 4.79 Å². The number of likely N-dealkylation sites (tertiary alicyclic amines) is 1. The van der Waals surface area contributed by atoms with E-state index in [-0.39, 0.29) is 5.91 Å². The minimum absolute atomic E-state index is 0.0484. The Kier molecular flexibility index (Phi) is 4.56. The van der Waals surface area contributed by atoms with Crippen LogP contribution in [0.15, 0.2) is 18.2 Å². The van der Waals surface area contributed by atoms with Gasteiger partial charge in [-0.25, -0.2) is 0 Å². The van der Waals surface area contributed by atoms with Gasteiger partial charge in [0, 0.05) is 18.3 Å². The number of carbonyl (C=O) groups is 1. The molecule has 4 nitrogen and oxygen atoms in total. The lowest BCUT2D eigenvalue weighted by atomic mass is 10.1. The van der Waals surface area contributed by atoms with Gasteiger partial charge in [0.05, 0.1) is 6.54 Å². The summed E-state index contributed by atoms with van der Waals surface area (Å²) in [5.74, 6) is 0.0484. The average Bonchev–Trinajstić information content (AvgIpc) is 2.80. The Morgan fingerprint density at radius 2 is 2.26 bits per heavy atom. The molecule has 1 unspecified atom stereocenters. The Bertz CT molecular complexity index is 459. The molecule has 1 fully saturated rings. The van der Waals surface area contributed by atoms with Gasteiger partial charge >= 0.3 is 0 Å². The highest BCUT2D eigenvalue weighted by molar-refractivity contribution is 5.93. The van der Waals surface area contributed by atoms with Crippen LogP contribution in [0.25, 0.3) is 0 Å². The summed E-state index contributed by atoms with van der Waals surface area (Å²) in [7, 11) is 0. The van der Waals surface area contributed by atoms with Gasteiger partial charge in [0.25, 0.3) is 0 Å². The first-order chi connectivity index (χ1) is 9.10. The molecule has 1 saturated heterocycles. The van der Waals surface area contributed by atoms with Crippen molar-refractivity contribution in [2.24, 2.45) is 5.73 Å². The highest BCUT2D eigenvalue weighted by Crippen LogP contribution is 2.18. The molecule has 1 aromatic carbocycles. The Balaban J connectivity index is 1.94. The van der Waals surface area contributed by atoms with E-state index in [1.807, 2.05) is 19.1 Å². The third-order valence-electron chi connectivity index (χ3n) is 3.77. The van der Waals surface area contributed by atoms with Gasteiger partial charge < -0.3 is 11.1 Å². The second-order valence-electron chi connectivity index (χ2n) is 5.37. The summed E-state index contributed by atoms with van der Waals surface area (Å²) in [5, 5.41) is 2.99. The molecule has 1 amide bonds. The summed E-state index contributed by atoms with van der Waals surface area (Å²) < 4.78 is 0. The largest absolute Gasteiger partial charge is 0.329 e. The molecule has 0 spiro atoms. The quantitative estimate of drug-likeness (QED) is 0.866. The number of nitrogens with zero attached hydrogens (tertiary/aromatic N) is 1. The standard InChI is InChI=1S/C15H23N3O/c1-11-5-6-14(12(2)8-11)17-15(19)10-18-7-3-4-13(18)9-16/h5-6,8,13H,3-4,7,9-10,16H2,1-2H3,(H,17,19). The molecule has 0 aromatic heterocycles. The second kappa shape index (κ2) is 6.17. The predicted octanol–water partition coefficient (Wildman–Crippen LogP) is 1.67. The number of carbonyl (C=O) groups excluding carboxylic acids is 1. The summed E-state index contributed by atoms with van der Waals surface area (Å²) in [6.07, 6.45) is 2.24. The molecule has 1 heterocycles. The fourth-order valence-corrected chi connectivity index (χ4v) is 2.70. The van der Waals surface area contributed by atoms with Crippen molar-refractivity contribution in [1.29, 1.82) is 0 Å². The van der Waals surface area contributed by atoms with Gasteiger partial charge in [0.1, 0.15) is 0 Å². The molecule has 0 radical (unpaired) electrons. The smallest absolute Gasteiger partial charge is 0.238 e. The lowest BCUT2D eigenvalue weighted by molar-refractivity contribution is -0.117. The zero-order chi connectivity index (χ0) is 13.8.